The second kappa shape index (κ2) is 7.26. The van der Waals surface area contributed by atoms with Crippen LogP contribution in [0.2, 0.25) is 0 Å². The van der Waals surface area contributed by atoms with Gasteiger partial charge < -0.3 is 14.7 Å². The average molecular weight is 372 g/mol. The summed E-state index contributed by atoms with van der Waals surface area (Å²) in [7, 11) is 1.77. The summed E-state index contributed by atoms with van der Waals surface area (Å²) in [5.74, 6) is 1.38. The minimum atomic E-state index is -4.21. The van der Waals surface area contributed by atoms with Crippen molar-refractivity contribution in [3.05, 3.63) is 12.4 Å². The highest BCUT2D eigenvalue weighted by molar-refractivity contribution is 5.82. The quantitative estimate of drug-likeness (QED) is 0.784. The molecule has 3 rings (SSSR count). The maximum absolute atomic E-state index is 12.9. The van der Waals surface area contributed by atoms with Crippen LogP contribution in [-0.4, -0.2) is 90.8 Å². The summed E-state index contributed by atoms with van der Waals surface area (Å²) in [4.78, 5) is 27.4. The Hall–Kier alpha value is -2.10. The molecule has 2 aliphatic heterocycles. The van der Waals surface area contributed by atoms with E-state index in [1.807, 2.05) is 9.80 Å². The number of rotatable bonds is 3. The average Bonchev–Trinajstić information content (AvgIpc) is 2.63. The van der Waals surface area contributed by atoms with Gasteiger partial charge in [-0.05, 0) is 6.92 Å². The van der Waals surface area contributed by atoms with Crippen LogP contribution in [0.25, 0.3) is 0 Å². The molecule has 1 unspecified atom stereocenters. The summed E-state index contributed by atoms with van der Waals surface area (Å²) in [5.41, 5.74) is 0. The summed E-state index contributed by atoms with van der Waals surface area (Å²) >= 11 is 0. The zero-order valence-electron chi connectivity index (χ0n) is 14.9. The van der Waals surface area contributed by atoms with Gasteiger partial charge in [0.1, 0.15) is 24.0 Å². The lowest BCUT2D eigenvalue weighted by Crippen LogP contribution is -2.54. The van der Waals surface area contributed by atoms with Crippen LogP contribution in [0.1, 0.15) is 6.92 Å². The van der Waals surface area contributed by atoms with Crippen LogP contribution >= 0.6 is 0 Å². The molecule has 1 aromatic rings. The first kappa shape index (κ1) is 18.7. The number of alkyl halides is 3. The van der Waals surface area contributed by atoms with E-state index in [9.17, 15) is 18.0 Å². The van der Waals surface area contributed by atoms with Crippen molar-refractivity contribution in [3.63, 3.8) is 0 Å². The summed E-state index contributed by atoms with van der Waals surface area (Å²) in [5, 5.41) is 0. The Morgan fingerprint density at radius 1 is 1.00 bits per heavy atom. The Bertz CT molecular complexity index is 647. The Morgan fingerprint density at radius 2 is 1.58 bits per heavy atom. The highest BCUT2D eigenvalue weighted by Crippen LogP contribution is 2.26. The number of hydrogen-bond acceptors (Lipinski definition) is 6. The molecule has 2 aliphatic rings. The molecule has 0 spiro atoms. The maximum atomic E-state index is 12.9. The summed E-state index contributed by atoms with van der Waals surface area (Å²) in [6.07, 6.45) is -2.77. The van der Waals surface area contributed by atoms with Gasteiger partial charge in [-0.15, -0.1) is 0 Å². The van der Waals surface area contributed by atoms with Gasteiger partial charge in [0.2, 0.25) is 5.91 Å². The highest BCUT2D eigenvalue weighted by Gasteiger charge is 2.41. The third-order valence-electron chi connectivity index (χ3n) is 5.08. The molecular formula is C16H23F3N6O. The van der Waals surface area contributed by atoms with Crippen LogP contribution in [-0.2, 0) is 4.79 Å². The first-order valence-corrected chi connectivity index (χ1v) is 8.62. The fourth-order valence-electron chi connectivity index (χ4n) is 3.18. The van der Waals surface area contributed by atoms with Gasteiger partial charge in [0.15, 0.2) is 0 Å². The van der Waals surface area contributed by atoms with Crippen LogP contribution in [0.4, 0.5) is 24.8 Å². The van der Waals surface area contributed by atoms with Crippen LogP contribution < -0.4 is 9.80 Å². The van der Waals surface area contributed by atoms with Crippen LogP contribution in [0.15, 0.2) is 12.4 Å². The van der Waals surface area contributed by atoms with Crippen molar-refractivity contribution >= 4 is 17.5 Å². The summed E-state index contributed by atoms with van der Waals surface area (Å²) < 4.78 is 38.6. The molecular weight excluding hydrogens is 349 g/mol. The molecule has 0 aromatic carbocycles. The lowest BCUT2D eigenvalue weighted by molar-refractivity contribution is -0.179. The first-order chi connectivity index (χ1) is 12.3. The van der Waals surface area contributed by atoms with Gasteiger partial charge >= 0.3 is 6.18 Å². The molecule has 1 aromatic heterocycles. The number of nitrogens with zero attached hydrogens (tertiary/aromatic N) is 6. The number of likely N-dealkylation sites (N-methyl/N-ethyl adjacent to an activating group) is 1. The van der Waals surface area contributed by atoms with E-state index in [4.69, 9.17) is 0 Å². The van der Waals surface area contributed by atoms with Crippen molar-refractivity contribution in [2.75, 3.05) is 62.7 Å². The molecule has 26 heavy (non-hydrogen) atoms. The van der Waals surface area contributed by atoms with Gasteiger partial charge in [-0.2, -0.15) is 13.2 Å². The Morgan fingerprint density at radius 3 is 2.15 bits per heavy atom. The molecule has 144 valence electrons. The van der Waals surface area contributed by atoms with Crippen molar-refractivity contribution in [2.45, 2.75) is 19.1 Å². The first-order valence-electron chi connectivity index (χ1n) is 8.62. The largest absolute Gasteiger partial charge is 0.403 e. The van der Waals surface area contributed by atoms with E-state index in [-0.39, 0.29) is 12.5 Å². The molecule has 0 aliphatic carbocycles. The number of aromatic nitrogens is 2. The Balaban J connectivity index is 1.64. The molecule has 1 atom stereocenters. The van der Waals surface area contributed by atoms with Crippen molar-refractivity contribution in [1.82, 2.24) is 19.8 Å². The topological polar surface area (TPSA) is 55.8 Å². The lowest BCUT2D eigenvalue weighted by atomic mass is 10.2. The SMILES string of the molecule is CC(N1CCN(c2cc(N3CCN(C)C(=O)C3)ncn2)CC1)C(F)(F)F. The van der Waals surface area contributed by atoms with E-state index in [1.54, 1.807) is 18.0 Å². The minimum Gasteiger partial charge on any atom is -0.354 e. The number of hydrogen-bond donors (Lipinski definition) is 0. The Kier molecular flexibility index (Phi) is 5.22. The molecule has 0 N–H and O–H groups in total. The molecule has 0 radical (unpaired) electrons. The van der Waals surface area contributed by atoms with Gasteiger partial charge in [-0.1, -0.05) is 0 Å². The van der Waals surface area contributed by atoms with Gasteiger partial charge in [0, 0.05) is 52.4 Å². The zero-order chi connectivity index (χ0) is 18.9. The van der Waals surface area contributed by atoms with E-state index in [2.05, 4.69) is 9.97 Å². The van der Waals surface area contributed by atoms with E-state index in [1.165, 1.54) is 18.2 Å². The highest BCUT2D eigenvalue weighted by atomic mass is 19.4. The van der Waals surface area contributed by atoms with Gasteiger partial charge in [0.05, 0.1) is 6.54 Å². The summed E-state index contributed by atoms with van der Waals surface area (Å²) in [6.45, 7) is 4.38. The van der Waals surface area contributed by atoms with Crippen molar-refractivity contribution < 1.29 is 18.0 Å². The number of halogens is 3. The van der Waals surface area contributed by atoms with E-state index in [0.29, 0.717) is 50.9 Å². The van der Waals surface area contributed by atoms with Crippen molar-refractivity contribution in [1.29, 1.82) is 0 Å². The molecule has 7 nitrogen and oxygen atoms in total. The maximum Gasteiger partial charge on any atom is 0.403 e. The zero-order valence-corrected chi connectivity index (χ0v) is 14.9. The van der Waals surface area contributed by atoms with E-state index < -0.39 is 12.2 Å². The predicted molar refractivity (Wildman–Crippen MR) is 91.2 cm³/mol. The van der Waals surface area contributed by atoms with Crippen LogP contribution in [0.5, 0.6) is 0 Å². The number of anilines is 2. The number of carbonyl (C=O) groups is 1. The second-order valence-electron chi connectivity index (χ2n) is 6.71. The molecule has 3 heterocycles. The third kappa shape index (κ3) is 4.00. The molecule has 0 saturated carbocycles. The van der Waals surface area contributed by atoms with E-state index in [0.717, 1.165) is 0 Å². The molecule has 2 fully saturated rings. The second-order valence-corrected chi connectivity index (χ2v) is 6.71. The predicted octanol–water partition coefficient (Wildman–Crippen LogP) is 0.828. The lowest BCUT2D eigenvalue weighted by Gasteiger charge is -2.39. The Labute approximate surface area is 150 Å². The fourth-order valence-corrected chi connectivity index (χ4v) is 3.18. The van der Waals surface area contributed by atoms with Crippen LogP contribution in [0.3, 0.4) is 0 Å². The number of amides is 1. The van der Waals surface area contributed by atoms with Crippen molar-refractivity contribution in [2.24, 2.45) is 0 Å². The molecule has 1 amide bonds. The van der Waals surface area contributed by atoms with Crippen LogP contribution in [0, 0.1) is 0 Å². The minimum absolute atomic E-state index is 0.0335. The number of piperazine rings is 2. The fraction of sp³-hybridized carbons (Fsp3) is 0.688. The van der Waals surface area contributed by atoms with Gasteiger partial charge in [-0.3, -0.25) is 9.69 Å². The number of carbonyl (C=O) groups excluding carboxylic acids is 1. The third-order valence-corrected chi connectivity index (χ3v) is 5.08. The van der Waals surface area contributed by atoms with Gasteiger partial charge in [-0.25, -0.2) is 9.97 Å². The standard InChI is InChI=1S/C16H23F3N6O/c1-12(16(17,18)19)23-5-7-24(8-6-23)13-9-14(21-11-20-13)25-4-3-22(2)15(26)10-25/h9,11-12H,3-8,10H2,1-2H3. The molecule has 0 bridgehead atoms. The smallest absolute Gasteiger partial charge is 0.354 e. The monoisotopic (exact) mass is 372 g/mol. The van der Waals surface area contributed by atoms with Gasteiger partial charge in [0.25, 0.3) is 0 Å². The molecule has 2 saturated heterocycles. The van der Waals surface area contributed by atoms with E-state index >= 15 is 0 Å². The summed E-state index contributed by atoms with van der Waals surface area (Å²) in [6, 6.07) is 0.364. The van der Waals surface area contributed by atoms with Crippen molar-refractivity contribution in [3.8, 4) is 0 Å². The molecule has 10 heteroatoms. The normalized spacial score (nSPS) is 21.3.